The fourth-order valence-electron chi connectivity index (χ4n) is 3.05. The number of esters is 1. The molecule has 0 aromatic heterocycles. The third-order valence-electron chi connectivity index (χ3n) is 4.36. The summed E-state index contributed by atoms with van der Waals surface area (Å²) in [6.07, 6.45) is 1.51. The number of carboxylic acids is 1. The van der Waals surface area contributed by atoms with Gasteiger partial charge in [0.05, 0.1) is 29.5 Å². The molecule has 1 amide bonds. The van der Waals surface area contributed by atoms with Crippen LogP contribution in [-0.4, -0.2) is 30.1 Å². The molecule has 0 bridgehead atoms. The molecule has 0 spiro atoms. The van der Waals surface area contributed by atoms with Crippen LogP contribution in [0.1, 0.15) is 22.8 Å². The highest BCUT2D eigenvalue weighted by molar-refractivity contribution is 6.35. The molecule has 8 heteroatoms. The molecule has 0 aliphatic carbocycles. The van der Waals surface area contributed by atoms with Gasteiger partial charge in [0.1, 0.15) is 0 Å². The summed E-state index contributed by atoms with van der Waals surface area (Å²) in [5, 5.41) is 9.71. The van der Waals surface area contributed by atoms with Gasteiger partial charge in [-0.2, -0.15) is 0 Å². The van der Waals surface area contributed by atoms with Gasteiger partial charge in [0.25, 0.3) is 5.91 Å². The maximum atomic E-state index is 13.2. The Kier molecular flexibility index (Phi) is 5.77. The van der Waals surface area contributed by atoms with Gasteiger partial charge in [-0.15, -0.1) is 0 Å². The second-order valence-corrected chi connectivity index (χ2v) is 7.08. The molecular formula is C21H15Cl2NO5. The lowest BCUT2D eigenvalue weighted by Crippen LogP contribution is -2.24. The summed E-state index contributed by atoms with van der Waals surface area (Å²) in [6.45, 7) is 1.62. The molecule has 0 radical (unpaired) electrons. The Hall–Kier alpha value is -3.09. The van der Waals surface area contributed by atoms with Crippen molar-refractivity contribution in [2.75, 3.05) is 12.0 Å². The number of carboxylic acid groups (broad SMARTS) is 1. The number of allylic oxidation sites excluding steroid dienone is 1. The van der Waals surface area contributed by atoms with Gasteiger partial charge in [-0.1, -0.05) is 35.3 Å². The van der Waals surface area contributed by atoms with E-state index in [1.54, 1.807) is 31.2 Å². The number of nitrogens with zero attached hydrogens (tertiary/aromatic N) is 1. The van der Waals surface area contributed by atoms with Crippen LogP contribution in [0.3, 0.4) is 0 Å². The summed E-state index contributed by atoms with van der Waals surface area (Å²) in [7, 11) is 1.23. The number of benzene rings is 2. The lowest BCUT2D eigenvalue weighted by molar-refractivity contribution is -0.136. The molecular weight excluding hydrogens is 417 g/mol. The number of carbonyl (C=O) groups excluding carboxylic acids is 2. The third-order valence-corrected chi connectivity index (χ3v) is 4.80. The summed E-state index contributed by atoms with van der Waals surface area (Å²) in [4.78, 5) is 37.9. The Balaban J connectivity index is 2.12. The number of aromatic carboxylic acids is 1. The van der Waals surface area contributed by atoms with Crippen LogP contribution in [0.15, 0.2) is 59.3 Å². The van der Waals surface area contributed by atoms with E-state index in [0.29, 0.717) is 27.0 Å². The minimum atomic E-state index is -1.06. The van der Waals surface area contributed by atoms with Crippen molar-refractivity contribution >= 4 is 52.8 Å². The molecule has 2 aromatic carbocycles. The van der Waals surface area contributed by atoms with Crippen molar-refractivity contribution in [2.45, 2.75) is 6.92 Å². The monoisotopic (exact) mass is 431 g/mol. The lowest BCUT2D eigenvalue weighted by atomic mass is 10.0. The minimum absolute atomic E-state index is 0.107. The second kappa shape index (κ2) is 8.11. The van der Waals surface area contributed by atoms with Crippen LogP contribution >= 0.6 is 23.2 Å². The van der Waals surface area contributed by atoms with E-state index < -0.39 is 17.8 Å². The number of anilines is 1. The highest BCUT2D eigenvalue weighted by atomic mass is 35.5. The maximum Gasteiger partial charge on any atom is 0.340 e. The van der Waals surface area contributed by atoms with Gasteiger partial charge in [-0.3, -0.25) is 9.69 Å². The van der Waals surface area contributed by atoms with Gasteiger partial charge in [0.15, 0.2) is 0 Å². The van der Waals surface area contributed by atoms with Gasteiger partial charge in [-0.25, -0.2) is 9.59 Å². The van der Waals surface area contributed by atoms with E-state index in [0.717, 1.165) is 0 Å². The Morgan fingerprint density at radius 1 is 1.07 bits per heavy atom. The first-order valence-corrected chi connectivity index (χ1v) is 9.13. The van der Waals surface area contributed by atoms with Gasteiger partial charge in [-0.05, 0) is 48.9 Å². The van der Waals surface area contributed by atoms with E-state index in [4.69, 9.17) is 33.0 Å². The van der Waals surface area contributed by atoms with E-state index >= 15 is 0 Å². The molecule has 0 atom stereocenters. The number of hydrogen-bond acceptors (Lipinski definition) is 4. The number of hydrogen-bond donors (Lipinski definition) is 1. The van der Waals surface area contributed by atoms with Crippen molar-refractivity contribution in [3.05, 3.63) is 80.5 Å². The Labute approximate surface area is 176 Å². The van der Waals surface area contributed by atoms with Crippen LogP contribution in [0, 0.1) is 0 Å². The van der Waals surface area contributed by atoms with Crippen molar-refractivity contribution in [1.82, 2.24) is 0 Å². The first-order chi connectivity index (χ1) is 13.7. The molecule has 1 N–H and O–H groups in total. The smallest absolute Gasteiger partial charge is 0.340 e. The van der Waals surface area contributed by atoms with E-state index in [1.807, 2.05) is 0 Å². The van der Waals surface area contributed by atoms with E-state index in [2.05, 4.69) is 0 Å². The standard InChI is InChI=1S/C21H15Cl2NO5/c1-11-18(21(28)29-2)17(7-12-3-5-13(6-4-12)20(26)27)19(25)24(11)16-9-14(22)8-15(23)10-16/h3-10H,1-2H3,(H,26,27)/b17-7-. The summed E-state index contributed by atoms with van der Waals surface area (Å²) in [6, 6.07) is 10.6. The fourth-order valence-corrected chi connectivity index (χ4v) is 3.56. The molecule has 0 unspecified atom stereocenters. The quantitative estimate of drug-likeness (QED) is 0.566. The average molecular weight is 432 g/mol. The Morgan fingerprint density at radius 3 is 2.17 bits per heavy atom. The van der Waals surface area contributed by atoms with Crippen molar-refractivity contribution in [3.8, 4) is 0 Å². The SMILES string of the molecule is COC(=O)C1=C(C)N(c2cc(Cl)cc(Cl)c2)C(=O)/C1=C\c1ccc(C(=O)O)cc1. The highest BCUT2D eigenvalue weighted by Crippen LogP contribution is 2.37. The van der Waals surface area contributed by atoms with E-state index in [1.165, 1.54) is 36.3 Å². The molecule has 2 aromatic rings. The zero-order chi connectivity index (χ0) is 21.3. The summed E-state index contributed by atoms with van der Waals surface area (Å²) in [5.41, 5.74) is 1.67. The number of amides is 1. The summed E-state index contributed by atoms with van der Waals surface area (Å²) >= 11 is 12.1. The molecule has 0 saturated heterocycles. The van der Waals surface area contributed by atoms with Crippen LogP contribution in [0.2, 0.25) is 10.0 Å². The Morgan fingerprint density at radius 2 is 1.66 bits per heavy atom. The predicted octanol–water partition coefficient (Wildman–Crippen LogP) is 4.57. The van der Waals surface area contributed by atoms with Crippen molar-refractivity contribution < 1.29 is 24.2 Å². The van der Waals surface area contributed by atoms with Crippen LogP contribution in [0.4, 0.5) is 5.69 Å². The van der Waals surface area contributed by atoms with Gasteiger partial charge < -0.3 is 9.84 Å². The summed E-state index contributed by atoms with van der Waals surface area (Å²) < 4.78 is 4.86. The lowest BCUT2D eigenvalue weighted by Gasteiger charge is -2.18. The van der Waals surface area contributed by atoms with Crippen LogP contribution in [0.5, 0.6) is 0 Å². The summed E-state index contributed by atoms with van der Waals surface area (Å²) in [5.74, 6) is -2.18. The van der Waals surface area contributed by atoms with Gasteiger partial charge in [0, 0.05) is 15.7 Å². The number of carbonyl (C=O) groups is 3. The number of methoxy groups -OCH3 is 1. The van der Waals surface area contributed by atoms with Crippen LogP contribution in [0.25, 0.3) is 6.08 Å². The highest BCUT2D eigenvalue weighted by Gasteiger charge is 2.38. The zero-order valence-corrected chi connectivity index (χ0v) is 16.9. The molecule has 3 rings (SSSR count). The van der Waals surface area contributed by atoms with Gasteiger partial charge in [0.2, 0.25) is 0 Å². The molecule has 29 heavy (non-hydrogen) atoms. The molecule has 148 valence electrons. The predicted molar refractivity (Wildman–Crippen MR) is 110 cm³/mol. The maximum absolute atomic E-state index is 13.2. The first kappa shape index (κ1) is 20.6. The van der Waals surface area contributed by atoms with Crippen LogP contribution in [-0.2, 0) is 14.3 Å². The van der Waals surface area contributed by atoms with Gasteiger partial charge >= 0.3 is 11.9 Å². The van der Waals surface area contributed by atoms with E-state index in [-0.39, 0.29) is 16.7 Å². The largest absolute Gasteiger partial charge is 0.478 e. The van der Waals surface area contributed by atoms with Crippen molar-refractivity contribution in [2.24, 2.45) is 0 Å². The fraction of sp³-hybridized carbons (Fsp3) is 0.0952. The first-order valence-electron chi connectivity index (χ1n) is 8.38. The zero-order valence-electron chi connectivity index (χ0n) is 15.4. The molecule has 1 aliphatic rings. The molecule has 0 fully saturated rings. The molecule has 1 aliphatic heterocycles. The van der Waals surface area contributed by atoms with Crippen molar-refractivity contribution in [1.29, 1.82) is 0 Å². The average Bonchev–Trinajstić information content (AvgIpc) is 2.90. The van der Waals surface area contributed by atoms with Crippen molar-refractivity contribution in [3.63, 3.8) is 0 Å². The minimum Gasteiger partial charge on any atom is -0.478 e. The normalized spacial score (nSPS) is 15.2. The molecule has 0 saturated carbocycles. The number of halogens is 2. The topological polar surface area (TPSA) is 83.9 Å². The molecule has 6 nitrogen and oxygen atoms in total. The number of ether oxygens (including phenoxy) is 1. The molecule has 1 heterocycles. The van der Waals surface area contributed by atoms with Crippen LogP contribution < -0.4 is 4.90 Å². The second-order valence-electron chi connectivity index (χ2n) is 6.21. The third kappa shape index (κ3) is 4.04. The Bertz CT molecular complexity index is 1070. The number of rotatable bonds is 4. The van der Waals surface area contributed by atoms with E-state index in [9.17, 15) is 14.4 Å².